The van der Waals surface area contributed by atoms with Gasteiger partial charge >= 0.3 is 0 Å². The van der Waals surface area contributed by atoms with Crippen LogP contribution in [0, 0.1) is 0 Å². The van der Waals surface area contributed by atoms with Gasteiger partial charge in [0.05, 0.1) is 6.54 Å². The maximum Gasteiger partial charge on any atom is 0.286 e. The van der Waals surface area contributed by atoms with E-state index in [1.807, 2.05) is 5.01 Å². The Kier molecular flexibility index (Phi) is 4.53. The Hall–Kier alpha value is -1.00. The second-order valence-corrected chi connectivity index (χ2v) is 5.44. The molecule has 2 unspecified atom stereocenters. The van der Waals surface area contributed by atoms with Crippen LogP contribution in [-0.4, -0.2) is 23.6 Å². The van der Waals surface area contributed by atoms with Crippen LogP contribution in [0.4, 0.5) is 8.78 Å². The largest absolute Gasteiger partial charge is 0.286 e. The Bertz CT molecular complexity index is 384. The summed E-state index contributed by atoms with van der Waals surface area (Å²) in [6.07, 6.45) is 3.30. The number of nitrogens with one attached hydrogen (secondary N) is 1. The maximum atomic E-state index is 14.1. The second-order valence-electron chi connectivity index (χ2n) is 5.44. The molecule has 1 aliphatic heterocycles. The van der Waals surface area contributed by atoms with Crippen molar-refractivity contribution < 1.29 is 8.78 Å². The Balaban J connectivity index is 1.97. The van der Waals surface area contributed by atoms with Gasteiger partial charge < -0.3 is 0 Å². The third kappa shape index (κ3) is 3.51. The second kappa shape index (κ2) is 5.97. The zero-order valence-corrected chi connectivity index (χ0v) is 11.6. The number of hydrogen-bond donors (Lipinski definition) is 1. The summed E-state index contributed by atoms with van der Waals surface area (Å²) in [6.45, 7) is 3.83. The summed E-state index contributed by atoms with van der Waals surface area (Å²) < 4.78 is 28.2. The van der Waals surface area contributed by atoms with Crippen molar-refractivity contribution in [3.05, 3.63) is 35.9 Å². The molecule has 2 rings (SSSR count). The van der Waals surface area contributed by atoms with Crippen LogP contribution >= 0.6 is 0 Å². The number of halogens is 2. The van der Waals surface area contributed by atoms with Gasteiger partial charge in [0.1, 0.15) is 0 Å². The van der Waals surface area contributed by atoms with Crippen LogP contribution < -0.4 is 5.43 Å². The Labute approximate surface area is 113 Å². The van der Waals surface area contributed by atoms with Gasteiger partial charge in [-0.25, -0.2) is 10.4 Å². The number of benzene rings is 1. The van der Waals surface area contributed by atoms with Crippen molar-refractivity contribution >= 4 is 0 Å². The van der Waals surface area contributed by atoms with E-state index in [4.69, 9.17) is 0 Å². The van der Waals surface area contributed by atoms with Crippen LogP contribution in [0.5, 0.6) is 0 Å². The molecule has 1 fully saturated rings. The SMILES string of the molecule is CC1CCCC(C)N1NCC(F)(F)c1ccccc1. The molecule has 19 heavy (non-hydrogen) atoms. The summed E-state index contributed by atoms with van der Waals surface area (Å²) in [5, 5.41) is 1.99. The first-order valence-electron chi connectivity index (χ1n) is 6.96. The molecule has 0 aliphatic carbocycles. The van der Waals surface area contributed by atoms with E-state index >= 15 is 0 Å². The first-order chi connectivity index (χ1) is 9.00. The average Bonchev–Trinajstić information content (AvgIpc) is 2.39. The molecule has 1 N–H and O–H groups in total. The molecule has 106 valence electrons. The molecule has 0 amide bonds. The number of rotatable bonds is 4. The molecule has 2 atom stereocenters. The van der Waals surface area contributed by atoms with Gasteiger partial charge in [0.25, 0.3) is 5.92 Å². The fourth-order valence-corrected chi connectivity index (χ4v) is 2.71. The average molecular weight is 268 g/mol. The van der Waals surface area contributed by atoms with Crippen LogP contribution in [0.25, 0.3) is 0 Å². The van der Waals surface area contributed by atoms with E-state index in [9.17, 15) is 8.78 Å². The molecule has 4 heteroatoms. The lowest BCUT2D eigenvalue weighted by Gasteiger charge is -2.39. The summed E-state index contributed by atoms with van der Waals surface area (Å²) in [7, 11) is 0. The molecular formula is C15H22F2N2. The minimum absolute atomic E-state index is 0.0693. The zero-order valence-electron chi connectivity index (χ0n) is 11.6. The Morgan fingerprint density at radius 1 is 1.16 bits per heavy atom. The Morgan fingerprint density at radius 3 is 2.32 bits per heavy atom. The van der Waals surface area contributed by atoms with Crippen molar-refractivity contribution in [2.45, 2.75) is 51.1 Å². The van der Waals surface area contributed by atoms with E-state index in [1.54, 1.807) is 18.2 Å². The van der Waals surface area contributed by atoms with Crippen molar-refractivity contribution in [3.8, 4) is 0 Å². The topological polar surface area (TPSA) is 15.3 Å². The first kappa shape index (κ1) is 14.4. The van der Waals surface area contributed by atoms with Crippen LogP contribution in [-0.2, 0) is 5.92 Å². The molecular weight excluding hydrogens is 246 g/mol. The fraction of sp³-hybridized carbons (Fsp3) is 0.600. The quantitative estimate of drug-likeness (QED) is 0.898. The summed E-state index contributed by atoms with van der Waals surface area (Å²) in [5.41, 5.74) is 3.01. The highest BCUT2D eigenvalue weighted by Crippen LogP contribution is 2.28. The normalized spacial score (nSPS) is 25.5. The van der Waals surface area contributed by atoms with Crippen LogP contribution in [0.15, 0.2) is 30.3 Å². The third-order valence-electron chi connectivity index (χ3n) is 3.87. The monoisotopic (exact) mass is 268 g/mol. The molecule has 0 radical (unpaired) electrons. The third-order valence-corrected chi connectivity index (χ3v) is 3.87. The van der Waals surface area contributed by atoms with Gasteiger partial charge in [0.2, 0.25) is 0 Å². The number of hydrogen-bond acceptors (Lipinski definition) is 2. The zero-order chi connectivity index (χ0) is 13.9. The molecule has 1 aliphatic rings. The molecule has 1 saturated heterocycles. The summed E-state index contributed by atoms with van der Waals surface area (Å²) >= 11 is 0. The molecule has 0 saturated carbocycles. The van der Waals surface area contributed by atoms with Crippen LogP contribution in [0.3, 0.4) is 0 Å². The van der Waals surface area contributed by atoms with Gasteiger partial charge in [-0.3, -0.25) is 0 Å². The first-order valence-corrected chi connectivity index (χ1v) is 6.96. The minimum atomic E-state index is -2.84. The number of hydrazine groups is 1. The highest BCUT2D eigenvalue weighted by Gasteiger charge is 2.33. The van der Waals surface area contributed by atoms with Crippen LogP contribution in [0.2, 0.25) is 0 Å². The summed E-state index contributed by atoms with van der Waals surface area (Å²) in [6, 6.07) is 8.63. The van der Waals surface area contributed by atoms with E-state index in [2.05, 4.69) is 19.3 Å². The molecule has 0 bridgehead atoms. The Morgan fingerprint density at radius 2 is 1.74 bits per heavy atom. The van der Waals surface area contributed by atoms with E-state index in [0.29, 0.717) is 12.1 Å². The number of nitrogens with zero attached hydrogens (tertiary/aromatic N) is 1. The van der Waals surface area contributed by atoms with E-state index < -0.39 is 5.92 Å². The molecule has 2 nitrogen and oxygen atoms in total. The van der Waals surface area contributed by atoms with Gasteiger partial charge in [-0.05, 0) is 26.7 Å². The van der Waals surface area contributed by atoms with E-state index in [0.717, 1.165) is 12.8 Å². The van der Waals surface area contributed by atoms with E-state index in [1.165, 1.54) is 18.6 Å². The minimum Gasteiger partial charge on any atom is -0.248 e. The van der Waals surface area contributed by atoms with Crippen molar-refractivity contribution in [3.63, 3.8) is 0 Å². The van der Waals surface area contributed by atoms with Crippen molar-refractivity contribution in [1.29, 1.82) is 0 Å². The van der Waals surface area contributed by atoms with E-state index in [-0.39, 0.29) is 12.1 Å². The van der Waals surface area contributed by atoms with Gasteiger partial charge in [0, 0.05) is 17.6 Å². The highest BCUT2D eigenvalue weighted by molar-refractivity contribution is 5.20. The lowest BCUT2D eigenvalue weighted by Crippen LogP contribution is -2.54. The maximum absolute atomic E-state index is 14.1. The van der Waals surface area contributed by atoms with Gasteiger partial charge in [-0.1, -0.05) is 36.8 Å². The van der Waals surface area contributed by atoms with Gasteiger partial charge in [-0.2, -0.15) is 8.78 Å². The molecule has 1 aromatic carbocycles. The van der Waals surface area contributed by atoms with Crippen molar-refractivity contribution in [2.24, 2.45) is 0 Å². The lowest BCUT2D eigenvalue weighted by atomic mass is 10.00. The van der Waals surface area contributed by atoms with Crippen LogP contribution in [0.1, 0.15) is 38.7 Å². The van der Waals surface area contributed by atoms with Gasteiger partial charge in [0.15, 0.2) is 0 Å². The fourth-order valence-electron chi connectivity index (χ4n) is 2.71. The number of piperidine rings is 1. The summed E-state index contributed by atoms with van der Waals surface area (Å²) in [4.78, 5) is 0. The molecule has 0 spiro atoms. The lowest BCUT2D eigenvalue weighted by molar-refractivity contribution is -0.0455. The molecule has 0 aromatic heterocycles. The predicted molar refractivity (Wildman–Crippen MR) is 73.0 cm³/mol. The predicted octanol–water partition coefficient (Wildman–Crippen LogP) is 3.55. The van der Waals surface area contributed by atoms with Crippen molar-refractivity contribution in [1.82, 2.24) is 10.4 Å². The summed E-state index contributed by atoms with van der Waals surface area (Å²) in [5.74, 6) is -2.84. The smallest absolute Gasteiger partial charge is 0.248 e. The number of alkyl halides is 2. The molecule has 1 aromatic rings. The standard InChI is InChI=1S/C15H22F2N2/c1-12-7-6-8-13(2)19(12)18-11-15(16,17)14-9-4-3-5-10-14/h3-5,9-10,12-13,18H,6-8,11H2,1-2H3. The highest BCUT2D eigenvalue weighted by atomic mass is 19.3. The van der Waals surface area contributed by atoms with Crippen molar-refractivity contribution in [2.75, 3.05) is 6.54 Å². The molecule has 1 heterocycles. The van der Waals surface area contributed by atoms with Gasteiger partial charge in [-0.15, -0.1) is 0 Å².